The van der Waals surface area contributed by atoms with Crippen LogP contribution in [-0.4, -0.2) is 48.5 Å². The van der Waals surface area contributed by atoms with Crippen molar-refractivity contribution in [3.8, 4) is 0 Å². The zero-order chi connectivity index (χ0) is 15.2. The van der Waals surface area contributed by atoms with Crippen molar-refractivity contribution >= 4 is 5.78 Å². The third-order valence-corrected chi connectivity index (χ3v) is 3.08. The van der Waals surface area contributed by atoms with Gasteiger partial charge in [0.05, 0.1) is 13.2 Å². The Morgan fingerprint density at radius 1 is 1.30 bits per heavy atom. The van der Waals surface area contributed by atoms with E-state index in [1.54, 1.807) is 38.1 Å². The summed E-state index contributed by atoms with van der Waals surface area (Å²) in [4.78, 5) is 13.8. The summed E-state index contributed by atoms with van der Waals surface area (Å²) in [7, 11) is 0. The van der Waals surface area contributed by atoms with Crippen molar-refractivity contribution in [3.63, 3.8) is 0 Å². The van der Waals surface area contributed by atoms with Crippen molar-refractivity contribution in [1.29, 1.82) is 0 Å². The maximum absolute atomic E-state index is 12.5. The summed E-state index contributed by atoms with van der Waals surface area (Å²) < 4.78 is 25.0. The first-order valence-corrected chi connectivity index (χ1v) is 6.58. The molecule has 1 aromatic rings. The number of ketones is 1. The largest absolute Gasteiger partial charge is 0.395 e. The van der Waals surface area contributed by atoms with Gasteiger partial charge in [0.1, 0.15) is 0 Å². The lowest BCUT2D eigenvalue weighted by molar-refractivity contribution is 0.0504. The lowest BCUT2D eigenvalue weighted by Crippen LogP contribution is -2.42. The van der Waals surface area contributed by atoms with E-state index in [0.717, 1.165) is 0 Å². The van der Waals surface area contributed by atoms with Gasteiger partial charge in [0, 0.05) is 24.1 Å². The minimum absolute atomic E-state index is 0.0877. The second-order valence-corrected chi connectivity index (χ2v) is 5.43. The second kappa shape index (κ2) is 7.45. The fourth-order valence-corrected chi connectivity index (χ4v) is 2.18. The highest BCUT2D eigenvalue weighted by atomic mass is 19.3. The minimum atomic E-state index is -2.48. The summed E-state index contributed by atoms with van der Waals surface area (Å²) in [6, 6.07) is 8.79. The van der Waals surface area contributed by atoms with E-state index >= 15 is 0 Å². The summed E-state index contributed by atoms with van der Waals surface area (Å²) in [6.45, 7) is 3.15. The molecule has 0 bridgehead atoms. The van der Waals surface area contributed by atoms with Gasteiger partial charge in [0.15, 0.2) is 5.78 Å². The fourth-order valence-electron chi connectivity index (χ4n) is 2.18. The third-order valence-electron chi connectivity index (χ3n) is 3.08. The van der Waals surface area contributed by atoms with Crippen LogP contribution in [0.15, 0.2) is 30.3 Å². The summed E-state index contributed by atoms with van der Waals surface area (Å²) in [6.07, 6.45) is -2.48. The number of aliphatic hydroxyl groups excluding tert-OH is 1. The maximum atomic E-state index is 12.5. The van der Waals surface area contributed by atoms with Crippen LogP contribution in [0.25, 0.3) is 0 Å². The second-order valence-electron chi connectivity index (χ2n) is 5.43. The van der Waals surface area contributed by atoms with E-state index in [2.05, 4.69) is 0 Å². The molecular formula is C15H21F2NO2. The lowest BCUT2D eigenvalue weighted by Gasteiger charge is -2.31. The highest BCUT2D eigenvalue weighted by molar-refractivity contribution is 6.00. The van der Waals surface area contributed by atoms with Gasteiger partial charge in [0.2, 0.25) is 0 Å². The molecule has 1 N–H and O–H groups in total. The number of Topliss-reactive ketones (excluding diaryl/α,β-unsaturated/α-hetero) is 1. The van der Waals surface area contributed by atoms with Crippen LogP contribution in [-0.2, 0) is 0 Å². The molecule has 0 atom stereocenters. The molecule has 0 saturated heterocycles. The van der Waals surface area contributed by atoms with E-state index in [0.29, 0.717) is 5.56 Å². The standard InChI is InChI=1S/C15H21F2NO2/c1-15(2,11-18(8-9-19)10-13(16)17)14(20)12-6-4-3-5-7-12/h3-7,13,19H,8-11H2,1-2H3. The molecule has 0 spiro atoms. The fraction of sp³-hybridized carbons (Fsp3) is 0.533. The van der Waals surface area contributed by atoms with Gasteiger partial charge in [0.25, 0.3) is 6.43 Å². The van der Waals surface area contributed by atoms with E-state index in [1.165, 1.54) is 4.90 Å². The molecule has 0 radical (unpaired) electrons. The molecule has 0 heterocycles. The van der Waals surface area contributed by atoms with Crippen LogP contribution in [0.5, 0.6) is 0 Å². The van der Waals surface area contributed by atoms with E-state index in [1.807, 2.05) is 6.07 Å². The average Bonchev–Trinajstić information content (AvgIpc) is 2.38. The number of benzene rings is 1. The van der Waals surface area contributed by atoms with Crippen LogP contribution < -0.4 is 0 Å². The monoisotopic (exact) mass is 285 g/mol. The van der Waals surface area contributed by atoms with Crippen LogP contribution in [0.3, 0.4) is 0 Å². The third kappa shape index (κ3) is 4.98. The summed E-state index contributed by atoms with van der Waals surface area (Å²) >= 11 is 0. The maximum Gasteiger partial charge on any atom is 0.251 e. The van der Waals surface area contributed by atoms with Gasteiger partial charge in [-0.1, -0.05) is 44.2 Å². The smallest absolute Gasteiger partial charge is 0.251 e. The number of aliphatic hydroxyl groups is 1. The molecule has 5 heteroatoms. The van der Waals surface area contributed by atoms with Crippen molar-refractivity contribution in [2.75, 3.05) is 26.2 Å². The molecule has 3 nitrogen and oxygen atoms in total. The van der Waals surface area contributed by atoms with Gasteiger partial charge in [-0.05, 0) is 0 Å². The molecular weight excluding hydrogens is 264 g/mol. The number of hydrogen-bond acceptors (Lipinski definition) is 3. The van der Waals surface area contributed by atoms with Gasteiger partial charge in [-0.15, -0.1) is 0 Å². The Morgan fingerprint density at radius 2 is 1.90 bits per heavy atom. The molecule has 0 amide bonds. The van der Waals surface area contributed by atoms with Crippen LogP contribution in [0.4, 0.5) is 8.78 Å². The highest BCUT2D eigenvalue weighted by Gasteiger charge is 2.31. The highest BCUT2D eigenvalue weighted by Crippen LogP contribution is 2.23. The van der Waals surface area contributed by atoms with Gasteiger partial charge in [-0.2, -0.15) is 0 Å². The van der Waals surface area contributed by atoms with Crippen molar-refractivity contribution < 1.29 is 18.7 Å². The zero-order valence-electron chi connectivity index (χ0n) is 11.9. The van der Waals surface area contributed by atoms with Crippen LogP contribution >= 0.6 is 0 Å². The average molecular weight is 285 g/mol. The predicted octanol–water partition coefficient (Wildman–Crippen LogP) is 2.45. The molecule has 0 aliphatic carbocycles. The first-order chi connectivity index (χ1) is 9.36. The van der Waals surface area contributed by atoms with Crippen LogP contribution in [0.2, 0.25) is 0 Å². The number of nitrogens with zero attached hydrogens (tertiary/aromatic N) is 1. The Bertz CT molecular complexity index is 421. The molecule has 0 aliphatic rings. The number of carbonyl (C=O) groups is 1. The van der Waals surface area contributed by atoms with Crippen molar-refractivity contribution in [2.24, 2.45) is 5.41 Å². The van der Waals surface area contributed by atoms with Gasteiger partial charge >= 0.3 is 0 Å². The first-order valence-electron chi connectivity index (χ1n) is 6.58. The molecule has 0 unspecified atom stereocenters. The van der Waals surface area contributed by atoms with Crippen molar-refractivity contribution in [1.82, 2.24) is 4.90 Å². The van der Waals surface area contributed by atoms with Gasteiger partial charge < -0.3 is 5.11 Å². The van der Waals surface area contributed by atoms with E-state index in [4.69, 9.17) is 5.11 Å². The Morgan fingerprint density at radius 3 is 2.40 bits per heavy atom. The summed E-state index contributed by atoms with van der Waals surface area (Å²) in [5.41, 5.74) is -0.218. The van der Waals surface area contributed by atoms with Crippen molar-refractivity contribution in [2.45, 2.75) is 20.3 Å². The molecule has 0 fully saturated rings. The van der Waals surface area contributed by atoms with Gasteiger partial charge in [-0.3, -0.25) is 9.69 Å². The number of hydrogen-bond donors (Lipinski definition) is 1. The Hall–Kier alpha value is -1.33. The molecule has 0 aromatic heterocycles. The molecule has 112 valence electrons. The summed E-state index contributed by atoms with van der Waals surface area (Å²) in [5.74, 6) is -0.0877. The van der Waals surface area contributed by atoms with E-state index in [9.17, 15) is 13.6 Å². The Kier molecular flexibility index (Phi) is 6.23. The molecule has 1 rings (SSSR count). The minimum Gasteiger partial charge on any atom is -0.395 e. The van der Waals surface area contributed by atoms with Gasteiger partial charge in [-0.25, -0.2) is 8.78 Å². The Labute approximate surface area is 118 Å². The normalized spacial score (nSPS) is 12.2. The van der Waals surface area contributed by atoms with Crippen LogP contribution in [0.1, 0.15) is 24.2 Å². The number of carbonyl (C=O) groups excluding carboxylic acids is 1. The zero-order valence-corrected chi connectivity index (χ0v) is 11.9. The summed E-state index contributed by atoms with van der Waals surface area (Å²) in [5, 5.41) is 8.93. The Balaban J connectivity index is 2.78. The number of rotatable bonds is 8. The first kappa shape index (κ1) is 16.7. The molecule has 1 aromatic carbocycles. The number of halogens is 2. The molecule has 0 saturated carbocycles. The molecule has 20 heavy (non-hydrogen) atoms. The number of alkyl halides is 2. The van der Waals surface area contributed by atoms with E-state index < -0.39 is 18.4 Å². The van der Waals surface area contributed by atoms with Crippen molar-refractivity contribution in [3.05, 3.63) is 35.9 Å². The lowest BCUT2D eigenvalue weighted by atomic mass is 9.83. The molecule has 0 aliphatic heterocycles. The van der Waals surface area contributed by atoms with Crippen LogP contribution in [0, 0.1) is 5.41 Å². The predicted molar refractivity (Wildman–Crippen MR) is 74.1 cm³/mol. The quantitative estimate of drug-likeness (QED) is 0.746. The topological polar surface area (TPSA) is 40.5 Å². The SMILES string of the molecule is CC(C)(CN(CCO)CC(F)F)C(=O)c1ccccc1. The van der Waals surface area contributed by atoms with E-state index in [-0.39, 0.29) is 25.5 Å².